The Balaban J connectivity index is 1.61. The molecule has 2 unspecified atom stereocenters. The Labute approximate surface area is 132 Å². The summed E-state index contributed by atoms with van der Waals surface area (Å²) in [4.78, 5) is 3.95. The lowest BCUT2D eigenvalue weighted by atomic mass is 9.90. The van der Waals surface area contributed by atoms with E-state index in [1.165, 1.54) is 43.4 Å². The average Bonchev–Trinajstić information content (AvgIpc) is 3.03. The van der Waals surface area contributed by atoms with Crippen LogP contribution in [0.1, 0.15) is 49.3 Å². The van der Waals surface area contributed by atoms with E-state index in [0.717, 1.165) is 25.7 Å². The van der Waals surface area contributed by atoms with Gasteiger partial charge in [0.05, 0.1) is 6.61 Å². The highest BCUT2D eigenvalue weighted by molar-refractivity contribution is 7.10. The maximum absolute atomic E-state index is 9.28. The summed E-state index contributed by atoms with van der Waals surface area (Å²) in [6.07, 6.45) is 8.13. The van der Waals surface area contributed by atoms with Gasteiger partial charge in [0.2, 0.25) is 0 Å². The predicted octanol–water partition coefficient (Wildman–Crippen LogP) is 2.82. The number of β-amino-alcohol motifs (C(OH)–C–C–N with tert-alkyl or cyclic N) is 1. The molecular weight excluding hydrogens is 280 g/mol. The molecule has 2 heterocycles. The van der Waals surface area contributed by atoms with Gasteiger partial charge in [-0.1, -0.05) is 25.3 Å². The Kier molecular flexibility index (Phi) is 5.69. The Hall–Kier alpha value is -0.420. The second-order valence-electron chi connectivity index (χ2n) is 6.63. The number of piperidine rings is 1. The van der Waals surface area contributed by atoms with E-state index in [-0.39, 0.29) is 6.61 Å². The molecule has 4 heteroatoms. The number of nitrogens with zero attached hydrogens (tertiary/aromatic N) is 1. The van der Waals surface area contributed by atoms with Crippen LogP contribution in [0.4, 0.5) is 0 Å². The number of rotatable bonds is 5. The zero-order valence-corrected chi connectivity index (χ0v) is 13.7. The van der Waals surface area contributed by atoms with E-state index in [0.29, 0.717) is 12.0 Å². The number of likely N-dealkylation sites (tertiary alicyclic amines) is 1. The number of nitrogens with one attached hydrogen (secondary N) is 1. The molecule has 1 saturated carbocycles. The van der Waals surface area contributed by atoms with E-state index >= 15 is 0 Å². The summed E-state index contributed by atoms with van der Waals surface area (Å²) in [6.45, 7) is 3.28. The van der Waals surface area contributed by atoms with E-state index in [1.54, 1.807) is 0 Å². The standard InChI is InChI=1S/C17H28N2OS/c20-9-8-19-12-14(17-7-4-10-21-17)11-16(13-19)18-15-5-2-1-3-6-15/h4,7,10,14-16,18,20H,1-3,5-6,8-9,11-13H2. The summed E-state index contributed by atoms with van der Waals surface area (Å²) in [6, 6.07) is 5.74. The van der Waals surface area contributed by atoms with Gasteiger partial charge in [0.15, 0.2) is 0 Å². The van der Waals surface area contributed by atoms with Gasteiger partial charge in [-0.05, 0) is 30.7 Å². The molecule has 3 nitrogen and oxygen atoms in total. The zero-order valence-electron chi connectivity index (χ0n) is 12.8. The normalized spacial score (nSPS) is 28.8. The number of hydrogen-bond donors (Lipinski definition) is 2. The molecule has 0 bridgehead atoms. The highest BCUT2D eigenvalue weighted by Gasteiger charge is 2.30. The SMILES string of the molecule is OCCN1CC(NC2CCCCC2)CC(c2cccs2)C1. The van der Waals surface area contributed by atoms with Crippen LogP contribution < -0.4 is 5.32 Å². The van der Waals surface area contributed by atoms with E-state index in [4.69, 9.17) is 0 Å². The van der Waals surface area contributed by atoms with Crippen LogP contribution in [-0.2, 0) is 0 Å². The molecule has 3 rings (SSSR count). The first-order chi connectivity index (χ1) is 10.3. The monoisotopic (exact) mass is 308 g/mol. The molecule has 0 aromatic carbocycles. The van der Waals surface area contributed by atoms with Gasteiger partial charge in [-0.15, -0.1) is 11.3 Å². The van der Waals surface area contributed by atoms with Crippen molar-refractivity contribution in [3.63, 3.8) is 0 Å². The van der Waals surface area contributed by atoms with Gasteiger partial charge < -0.3 is 10.4 Å². The van der Waals surface area contributed by atoms with Crippen LogP contribution >= 0.6 is 11.3 Å². The topological polar surface area (TPSA) is 35.5 Å². The summed E-state index contributed by atoms with van der Waals surface area (Å²) in [7, 11) is 0. The fourth-order valence-corrected chi connectivity index (χ4v) is 4.80. The van der Waals surface area contributed by atoms with Crippen LogP contribution in [-0.4, -0.2) is 48.3 Å². The molecule has 1 aromatic heterocycles. The molecule has 0 amide bonds. The molecule has 1 saturated heterocycles. The van der Waals surface area contributed by atoms with Crippen molar-refractivity contribution >= 4 is 11.3 Å². The number of hydrogen-bond acceptors (Lipinski definition) is 4. The Morgan fingerprint density at radius 1 is 1.19 bits per heavy atom. The molecule has 1 aliphatic heterocycles. The lowest BCUT2D eigenvalue weighted by Gasteiger charge is -2.40. The third-order valence-electron chi connectivity index (χ3n) is 4.96. The molecular formula is C17H28N2OS. The van der Waals surface area contributed by atoms with Gasteiger partial charge in [0.25, 0.3) is 0 Å². The van der Waals surface area contributed by atoms with Crippen molar-refractivity contribution in [2.24, 2.45) is 0 Å². The minimum Gasteiger partial charge on any atom is -0.395 e. The van der Waals surface area contributed by atoms with Gasteiger partial charge in [0, 0.05) is 42.5 Å². The molecule has 2 N–H and O–H groups in total. The summed E-state index contributed by atoms with van der Waals surface area (Å²) >= 11 is 1.88. The lowest BCUT2D eigenvalue weighted by Crippen LogP contribution is -2.52. The maximum atomic E-state index is 9.28. The average molecular weight is 308 g/mol. The van der Waals surface area contributed by atoms with Gasteiger partial charge in [-0.2, -0.15) is 0 Å². The zero-order chi connectivity index (χ0) is 14.5. The van der Waals surface area contributed by atoms with Crippen molar-refractivity contribution in [1.29, 1.82) is 0 Å². The van der Waals surface area contributed by atoms with E-state index in [9.17, 15) is 5.11 Å². The van der Waals surface area contributed by atoms with Crippen molar-refractivity contribution in [3.8, 4) is 0 Å². The van der Waals surface area contributed by atoms with Crippen LogP contribution in [0.5, 0.6) is 0 Å². The van der Waals surface area contributed by atoms with Gasteiger partial charge in [-0.3, -0.25) is 4.90 Å². The van der Waals surface area contributed by atoms with Crippen molar-refractivity contribution in [1.82, 2.24) is 10.2 Å². The number of thiophene rings is 1. The van der Waals surface area contributed by atoms with Gasteiger partial charge in [0.1, 0.15) is 0 Å². The Morgan fingerprint density at radius 3 is 2.76 bits per heavy atom. The third kappa shape index (κ3) is 4.28. The molecule has 21 heavy (non-hydrogen) atoms. The number of aliphatic hydroxyl groups excluding tert-OH is 1. The first-order valence-corrected chi connectivity index (χ1v) is 9.36. The van der Waals surface area contributed by atoms with Gasteiger partial charge >= 0.3 is 0 Å². The largest absolute Gasteiger partial charge is 0.395 e. The molecule has 2 atom stereocenters. The quantitative estimate of drug-likeness (QED) is 0.878. The second-order valence-corrected chi connectivity index (χ2v) is 7.61. The predicted molar refractivity (Wildman–Crippen MR) is 89.0 cm³/mol. The highest BCUT2D eigenvalue weighted by Crippen LogP contribution is 2.31. The molecule has 118 valence electrons. The smallest absolute Gasteiger partial charge is 0.0558 e. The van der Waals surface area contributed by atoms with Crippen molar-refractivity contribution < 1.29 is 5.11 Å². The van der Waals surface area contributed by atoms with Gasteiger partial charge in [-0.25, -0.2) is 0 Å². The van der Waals surface area contributed by atoms with Crippen molar-refractivity contribution in [2.75, 3.05) is 26.2 Å². The Morgan fingerprint density at radius 2 is 2.05 bits per heavy atom. The minimum absolute atomic E-state index is 0.271. The highest BCUT2D eigenvalue weighted by atomic mass is 32.1. The fourth-order valence-electron chi connectivity index (χ4n) is 3.97. The molecule has 1 aromatic rings. The minimum atomic E-state index is 0.271. The molecule has 0 spiro atoms. The molecule has 1 aliphatic carbocycles. The van der Waals surface area contributed by atoms with Crippen LogP contribution in [0.3, 0.4) is 0 Å². The van der Waals surface area contributed by atoms with Crippen molar-refractivity contribution in [3.05, 3.63) is 22.4 Å². The lowest BCUT2D eigenvalue weighted by molar-refractivity contribution is 0.131. The van der Waals surface area contributed by atoms with Crippen LogP contribution in [0.15, 0.2) is 17.5 Å². The van der Waals surface area contributed by atoms with E-state index in [2.05, 4.69) is 27.7 Å². The van der Waals surface area contributed by atoms with E-state index < -0.39 is 0 Å². The molecule has 0 radical (unpaired) electrons. The summed E-state index contributed by atoms with van der Waals surface area (Å²) < 4.78 is 0. The summed E-state index contributed by atoms with van der Waals surface area (Å²) in [5, 5.41) is 15.4. The molecule has 2 fully saturated rings. The molecule has 2 aliphatic rings. The Bertz CT molecular complexity index is 403. The number of aliphatic hydroxyl groups is 1. The van der Waals surface area contributed by atoms with Crippen LogP contribution in [0, 0.1) is 0 Å². The second kappa shape index (κ2) is 7.73. The van der Waals surface area contributed by atoms with Crippen LogP contribution in [0.25, 0.3) is 0 Å². The maximum Gasteiger partial charge on any atom is 0.0558 e. The van der Waals surface area contributed by atoms with Crippen molar-refractivity contribution in [2.45, 2.75) is 56.5 Å². The first kappa shape index (κ1) is 15.5. The summed E-state index contributed by atoms with van der Waals surface area (Å²) in [5.74, 6) is 0.631. The first-order valence-electron chi connectivity index (χ1n) is 8.48. The van der Waals surface area contributed by atoms with Crippen LogP contribution in [0.2, 0.25) is 0 Å². The third-order valence-corrected chi connectivity index (χ3v) is 6.00. The fraction of sp³-hybridized carbons (Fsp3) is 0.765. The van der Waals surface area contributed by atoms with E-state index in [1.807, 2.05) is 11.3 Å². The summed E-state index contributed by atoms with van der Waals surface area (Å²) in [5.41, 5.74) is 0.